The highest BCUT2D eigenvalue weighted by molar-refractivity contribution is 7.27. The van der Waals surface area contributed by atoms with Crippen molar-refractivity contribution in [3.63, 3.8) is 0 Å². The average molecular weight is 704 g/mol. The van der Waals surface area contributed by atoms with Gasteiger partial charge < -0.3 is 4.57 Å². The molecule has 0 atom stereocenters. The molecule has 0 fully saturated rings. The largest absolute Gasteiger partial charge is 0.309 e. The van der Waals surface area contributed by atoms with Crippen molar-refractivity contribution in [1.82, 2.24) is 4.57 Å². The molecule has 11 rings (SSSR count). The fraction of sp³-hybridized carbons (Fsp3) is 0. The van der Waals surface area contributed by atoms with Crippen LogP contribution in [0.2, 0.25) is 0 Å². The van der Waals surface area contributed by atoms with Gasteiger partial charge in [-0.2, -0.15) is 0 Å². The molecule has 0 radical (unpaired) electrons. The second kappa shape index (κ2) is 12.4. The fourth-order valence-electron chi connectivity index (χ4n) is 8.35. The lowest BCUT2D eigenvalue weighted by atomic mass is 9.94. The summed E-state index contributed by atoms with van der Waals surface area (Å²) in [5.74, 6) is 0. The van der Waals surface area contributed by atoms with Crippen LogP contribution < -0.4 is 0 Å². The van der Waals surface area contributed by atoms with Crippen molar-refractivity contribution in [1.29, 1.82) is 0 Å². The minimum atomic E-state index is 1.16. The van der Waals surface area contributed by atoms with Crippen molar-refractivity contribution in [2.24, 2.45) is 0 Å². The summed E-state index contributed by atoms with van der Waals surface area (Å²) in [7, 11) is 0. The van der Waals surface area contributed by atoms with Crippen molar-refractivity contribution in [3.8, 4) is 50.2 Å². The van der Waals surface area contributed by atoms with Crippen molar-refractivity contribution in [2.45, 2.75) is 0 Å². The van der Waals surface area contributed by atoms with Gasteiger partial charge >= 0.3 is 0 Å². The Morgan fingerprint density at radius 1 is 0.333 bits per heavy atom. The molecule has 252 valence electrons. The van der Waals surface area contributed by atoms with Gasteiger partial charge in [0.25, 0.3) is 0 Å². The lowest BCUT2D eigenvalue weighted by Crippen LogP contribution is -1.94. The Labute approximate surface area is 317 Å². The normalized spacial score (nSPS) is 11.7. The van der Waals surface area contributed by atoms with Crippen LogP contribution in [0.4, 0.5) is 0 Å². The molecule has 0 unspecified atom stereocenters. The van der Waals surface area contributed by atoms with Gasteiger partial charge in [-0.3, -0.25) is 0 Å². The minimum Gasteiger partial charge on any atom is -0.309 e. The topological polar surface area (TPSA) is 4.93 Å². The summed E-state index contributed by atoms with van der Waals surface area (Å²) in [5, 5.41) is 7.70. The van der Waals surface area contributed by atoms with E-state index in [0.29, 0.717) is 0 Å². The highest BCUT2D eigenvalue weighted by Gasteiger charge is 2.22. The van der Waals surface area contributed by atoms with E-state index in [1.54, 1.807) is 0 Å². The van der Waals surface area contributed by atoms with Gasteiger partial charge in [-0.15, -0.1) is 11.3 Å². The molecular formula is C52H33NS. The zero-order valence-corrected chi connectivity index (χ0v) is 30.2. The van der Waals surface area contributed by atoms with Gasteiger partial charge in [0.1, 0.15) is 0 Å². The zero-order chi connectivity index (χ0) is 35.6. The van der Waals surface area contributed by atoms with Gasteiger partial charge in [-0.25, -0.2) is 0 Å². The smallest absolute Gasteiger partial charge is 0.0561 e. The molecule has 0 spiro atoms. The first-order valence-electron chi connectivity index (χ1n) is 18.5. The average Bonchev–Trinajstić information content (AvgIpc) is 3.79. The fourth-order valence-corrected chi connectivity index (χ4v) is 9.61. The molecule has 0 aliphatic heterocycles. The van der Waals surface area contributed by atoms with Crippen LogP contribution in [0.3, 0.4) is 0 Å². The van der Waals surface area contributed by atoms with Crippen molar-refractivity contribution in [3.05, 3.63) is 200 Å². The summed E-state index contributed by atoms with van der Waals surface area (Å²) < 4.78 is 5.10. The van der Waals surface area contributed by atoms with Crippen LogP contribution in [-0.4, -0.2) is 4.57 Å². The molecule has 0 saturated carbocycles. The molecule has 1 nitrogen and oxygen atoms in total. The standard InChI is InChI=1S/C52H33NS/c1-4-12-34(13-5-1)37-20-22-38(23-21-37)40-27-29-49-46(31-40)50-45(42-25-24-36-16-10-11-17-39(36)30-42)33-48-51(52(50)54-49)44-28-26-41(35-14-6-2-7-15-35)32-47(44)53(48)43-18-8-3-9-19-43/h1-33H. The summed E-state index contributed by atoms with van der Waals surface area (Å²) in [6, 6.07) is 73.4. The zero-order valence-electron chi connectivity index (χ0n) is 29.4. The molecule has 2 heteroatoms. The molecule has 0 N–H and O–H groups in total. The van der Waals surface area contributed by atoms with Crippen molar-refractivity contribution < 1.29 is 0 Å². The predicted octanol–water partition coefficient (Wildman–Crippen LogP) is 15.0. The van der Waals surface area contributed by atoms with Crippen LogP contribution in [-0.2, 0) is 0 Å². The van der Waals surface area contributed by atoms with E-state index in [2.05, 4.69) is 205 Å². The molecule has 2 aromatic heterocycles. The number of aromatic nitrogens is 1. The highest BCUT2D eigenvalue weighted by atomic mass is 32.1. The summed E-state index contributed by atoms with van der Waals surface area (Å²) >= 11 is 1.92. The van der Waals surface area contributed by atoms with Crippen LogP contribution in [0.25, 0.3) is 103 Å². The Morgan fingerprint density at radius 3 is 1.63 bits per heavy atom. The molecule has 54 heavy (non-hydrogen) atoms. The Kier molecular flexibility index (Phi) is 7.11. The van der Waals surface area contributed by atoms with Gasteiger partial charge in [0.2, 0.25) is 0 Å². The summed E-state index contributed by atoms with van der Waals surface area (Å²) in [4.78, 5) is 0. The first kappa shape index (κ1) is 30.8. The maximum atomic E-state index is 2.48. The van der Waals surface area contributed by atoms with E-state index in [4.69, 9.17) is 0 Å². The lowest BCUT2D eigenvalue weighted by Gasteiger charge is -2.12. The summed E-state index contributed by atoms with van der Waals surface area (Å²) in [6.45, 7) is 0. The van der Waals surface area contributed by atoms with Gasteiger partial charge in [0.05, 0.1) is 11.0 Å². The number of para-hydroxylation sites is 1. The van der Waals surface area contributed by atoms with E-state index in [9.17, 15) is 0 Å². The van der Waals surface area contributed by atoms with Gasteiger partial charge in [0.15, 0.2) is 0 Å². The van der Waals surface area contributed by atoms with Gasteiger partial charge in [-0.1, -0.05) is 158 Å². The Balaban J connectivity index is 1.22. The molecule has 0 amide bonds. The van der Waals surface area contributed by atoms with Gasteiger partial charge in [0, 0.05) is 36.6 Å². The van der Waals surface area contributed by atoms with Crippen LogP contribution in [0, 0.1) is 0 Å². The Bertz CT molecular complexity index is 3170. The van der Waals surface area contributed by atoms with E-state index < -0.39 is 0 Å². The minimum absolute atomic E-state index is 1.16. The SMILES string of the molecule is c1ccc(-c2ccc(-c3ccc4sc5c(c(-c6ccc7ccccc7c6)cc6c5c5ccc(-c7ccccc7)cc5n6-c5ccccc5)c4c3)cc2)cc1. The summed E-state index contributed by atoms with van der Waals surface area (Å²) in [5.41, 5.74) is 13.4. The van der Waals surface area contributed by atoms with E-state index in [1.165, 1.54) is 97.3 Å². The van der Waals surface area contributed by atoms with E-state index in [-0.39, 0.29) is 0 Å². The van der Waals surface area contributed by atoms with Crippen molar-refractivity contribution >= 4 is 64.1 Å². The maximum Gasteiger partial charge on any atom is 0.0561 e. The third-order valence-electron chi connectivity index (χ3n) is 11.0. The Morgan fingerprint density at radius 2 is 0.889 bits per heavy atom. The number of rotatable bonds is 5. The molecule has 9 aromatic carbocycles. The number of hydrogen-bond acceptors (Lipinski definition) is 1. The maximum absolute atomic E-state index is 2.48. The van der Waals surface area contributed by atoms with Crippen LogP contribution in [0.15, 0.2) is 200 Å². The third kappa shape index (κ3) is 4.99. The second-order valence-electron chi connectivity index (χ2n) is 14.1. The Hall–Kier alpha value is -6.74. The molecule has 0 bridgehead atoms. The van der Waals surface area contributed by atoms with Crippen LogP contribution in [0.5, 0.6) is 0 Å². The third-order valence-corrected chi connectivity index (χ3v) is 12.2. The molecule has 0 aliphatic rings. The van der Waals surface area contributed by atoms with Crippen LogP contribution in [0.1, 0.15) is 0 Å². The highest BCUT2D eigenvalue weighted by Crippen LogP contribution is 2.49. The number of benzene rings is 9. The van der Waals surface area contributed by atoms with E-state index in [0.717, 1.165) is 5.69 Å². The summed E-state index contributed by atoms with van der Waals surface area (Å²) in [6.07, 6.45) is 0. The molecule has 0 aliphatic carbocycles. The quantitative estimate of drug-likeness (QED) is 0.168. The molecule has 0 saturated heterocycles. The first-order chi connectivity index (χ1) is 26.8. The van der Waals surface area contributed by atoms with Crippen LogP contribution >= 0.6 is 11.3 Å². The van der Waals surface area contributed by atoms with E-state index in [1.807, 2.05) is 11.3 Å². The lowest BCUT2D eigenvalue weighted by molar-refractivity contribution is 1.18. The predicted molar refractivity (Wildman–Crippen MR) is 233 cm³/mol. The number of hydrogen-bond donors (Lipinski definition) is 0. The molecule has 11 aromatic rings. The monoisotopic (exact) mass is 703 g/mol. The number of fused-ring (bicyclic) bond motifs is 8. The second-order valence-corrected chi connectivity index (χ2v) is 15.2. The molecule has 2 heterocycles. The number of thiophene rings is 1. The van der Waals surface area contributed by atoms with Gasteiger partial charge in [-0.05, 0) is 97.7 Å². The molecular weight excluding hydrogens is 671 g/mol. The first-order valence-corrected chi connectivity index (χ1v) is 19.3. The van der Waals surface area contributed by atoms with E-state index >= 15 is 0 Å². The number of nitrogens with zero attached hydrogens (tertiary/aromatic N) is 1. The van der Waals surface area contributed by atoms with Crippen molar-refractivity contribution in [2.75, 3.05) is 0 Å².